The molecule has 3 rings (SSSR count). The standard InChI is InChI=1S/C13H10N4O2/c18-17(19)12-8-4-5-10-9-16(15-13(10)12)14-11-6-2-1-3-7-11/h1-9,14H. The van der Waals surface area contributed by atoms with Crippen molar-refractivity contribution in [3.63, 3.8) is 0 Å². The van der Waals surface area contributed by atoms with Crippen LogP contribution in [0.25, 0.3) is 10.9 Å². The molecule has 0 unspecified atom stereocenters. The molecule has 0 atom stereocenters. The fraction of sp³-hybridized carbons (Fsp3) is 0. The van der Waals surface area contributed by atoms with E-state index in [1.54, 1.807) is 18.3 Å². The Morgan fingerprint density at radius 2 is 1.89 bits per heavy atom. The van der Waals surface area contributed by atoms with Crippen molar-refractivity contribution in [2.75, 3.05) is 5.43 Å². The van der Waals surface area contributed by atoms with Crippen LogP contribution in [0.3, 0.4) is 0 Å². The lowest BCUT2D eigenvalue weighted by molar-refractivity contribution is -0.383. The molecule has 3 aromatic rings. The van der Waals surface area contributed by atoms with Crippen molar-refractivity contribution >= 4 is 22.3 Å². The predicted octanol–water partition coefficient (Wildman–Crippen LogP) is 2.82. The second-order valence-corrected chi connectivity index (χ2v) is 4.02. The Morgan fingerprint density at radius 1 is 1.11 bits per heavy atom. The third kappa shape index (κ3) is 2.11. The summed E-state index contributed by atoms with van der Waals surface area (Å²) in [4.78, 5) is 12.0. The molecule has 94 valence electrons. The van der Waals surface area contributed by atoms with Gasteiger partial charge in [-0.15, -0.1) is 5.10 Å². The van der Waals surface area contributed by atoms with Gasteiger partial charge in [-0.3, -0.25) is 15.5 Å². The molecule has 1 N–H and O–H groups in total. The van der Waals surface area contributed by atoms with Gasteiger partial charge in [0.2, 0.25) is 0 Å². The lowest BCUT2D eigenvalue weighted by Crippen LogP contribution is -2.08. The average Bonchev–Trinajstić information content (AvgIpc) is 2.81. The second-order valence-electron chi connectivity index (χ2n) is 4.02. The van der Waals surface area contributed by atoms with Crippen LogP contribution in [0.15, 0.2) is 54.7 Å². The zero-order chi connectivity index (χ0) is 13.2. The average molecular weight is 254 g/mol. The van der Waals surface area contributed by atoms with Crippen molar-refractivity contribution in [1.29, 1.82) is 0 Å². The van der Waals surface area contributed by atoms with Crippen molar-refractivity contribution in [2.45, 2.75) is 0 Å². The van der Waals surface area contributed by atoms with Gasteiger partial charge in [-0.05, 0) is 12.1 Å². The fourth-order valence-electron chi connectivity index (χ4n) is 1.88. The number of benzene rings is 2. The summed E-state index contributed by atoms with van der Waals surface area (Å²) in [6.45, 7) is 0. The summed E-state index contributed by atoms with van der Waals surface area (Å²) in [6, 6.07) is 14.4. The minimum absolute atomic E-state index is 0.00566. The number of rotatable bonds is 3. The molecule has 1 heterocycles. The van der Waals surface area contributed by atoms with Crippen LogP contribution in [0.4, 0.5) is 11.4 Å². The zero-order valence-corrected chi connectivity index (χ0v) is 9.85. The smallest absolute Gasteiger partial charge is 0.278 e. The van der Waals surface area contributed by atoms with E-state index in [2.05, 4.69) is 10.5 Å². The number of hydrogen-bond acceptors (Lipinski definition) is 4. The predicted molar refractivity (Wildman–Crippen MR) is 71.9 cm³/mol. The Morgan fingerprint density at radius 3 is 2.63 bits per heavy atom. The maximum atomic E-state index is 10.9. The molecule has 6 heteroatoms. The number of nitro benzene ring substituents is 1. The molecule has 19 heavy (non-hydrogen) atoms. The van der Waals surface area contributed by atoms with Crippen molar-refractivity contribution < 1.29 is 4.92 Å². The van der Waals surface area contributed by atoms with Crippen LogP contribution in [-0.2, 0) is 0 Å². The van der Waals surface area contributed by atoms with Crippen LogP contribution in [0.2, 0.25) is 0 Å². The molecule has 0 amide bonds. The summed E-state index contributed by atoms with van der Waals surface area (Å²) in [7, 11) is 0. The van der Waals surface area contributed by atoms with Gasteiger partial charge in [0.15, 0.2) is 5.52 Å². The van der Waals surface area contributed by atoms with Crippen molar-refractivity contribution in [3.05, 3.63) is 64.8 Å². The van der Waals surface area contributed by atoms with Gasteiger partial charge >= 0.3 is 0 Å². The number of non-ortho nitro benzene ring substituents is 1. The normalized spacial score (nSPS) is 10.5. The van der Waals surface area contributed by atoms with Crippen LogP contribution < -0.4 is 5.43 Å². The lowest BCUT2D eigenvalue weighted by atomic mass is 10.2. The van der Waals surface area contributed by atoms with Gasteiger partial charge in [0.05, 0.1) is 16.8 Å². The minimum Gasteiger partial charge on any atom is -0.278 e. The van der Waals surface area contributed by atoms with E-state index in [1.807, 2.05) is 30.3 Å². The Hall–Kier alpha value is -2.89. The van der Waals surface area contributed by atoms with Gasteiger partial charge < -0.3 is 0 Å². The molecule has 0 aliphatic heterocycles. The Kier molecular flexibility index (Phi) is 2.60. The maximum absolute atomic E-state index is 10.9. The van der Waals surface area contributed by atoms with E-state index < -0.39 is 4.92 Å². The number of hydrogen-bond donors (Lipinski definition) is 1. The molecule has 1 aromatic heterocycles. The van der Waals surface area contributed by atoms with Crippen molar-refractivity contribution in [3.8, 4) is 0 Å². The number of nitro groups is 1. The molecule has 2 aromatic carbocycles. The van der Waals surface area contributed by atoms with Gasteiger partial charge in [0.1, 0.15) is 0 Å². The summed E-state index contributed by atoms with van der Waals surface area (Å²) < 4.78 is 0. The molecule has 0 saturated heterocycles. The van der Waals surface area contributed by atoms with Gasteiger partial charge in [0.25, 0.3) is 5.69 Å². The first-order valence-corrected chi connectivity index (χ1v) is 5.69. The van der Waals surface area contributed by atoms with E-state index in [1.165, 1.54) is 10.9 Å². The Balaban J connectivity index is 2.03. The van der Waals surface area contributed by atoms with Crippen LogP contribution in [-0.4, -0.2) is 14.8 Å². The minimum atomic E-state index is -0.428. The van der Waals surface area contributed by atoms with Crippen LogP contribution in [0, 0.1) is 10.1 Å². The lowest BCUT2D eigenvalue weighted by Gasteiger charge is -2.04. The third-order valence-electron chi connectivity index (χ3n) is 2.73. The zero-order valence-electron chi connectivity index (χ0n) is 9.85. The summed E-state index contributed by atoms with van der Waals surface area (Å²) in [5, 5.41) is 15.8. The monoisotopic (exact) mass is 254 g/mol. The molecule has 0 bridgehead atoms. The summed E-state index contributed by atoms with van der Waals surface area (Å²) in [5.74, 6) is 0. The van der Waals surface area contributed by atoms with Crippen LogP contribution >= 0.6 is 0 Å². The molecular formula is C13H10N4O2. The molecule has 0 aliphatic rings. The Labute approximate surface area is 108 Å². The van der Waals surface area contributed by atoms with Crippen molar-refractivity contribution in [1.82, 2.24) is 9.89 Å². The highest BCUT2D eigenvalue weighted by Gasteiger charge is 2.14. The van der Waals surface area contributed by atoms with Gasteiger partial charge in [-0.1, -0.05) is 30.3 Å². The molecule has 0 fully saturated rings. The number of nitrogens with one attached hydrogen (secondary N) is 1. The summed E-state index contributed by atoms with van der Waals surface area (Å²) >= 11 is 0. The maximum Gasteiger partial charge on any atom is 0.297 e. The van der Waals surface area contributed by atoms with Crippen LogP contribution in [0.1, 0.15) is 0 Å². The van der Waals surface area contributed by atoms with Gasteiger partial charge in [-0.25, -0.2) is 0 Å². The summed E-state index contributed by atoms with van der Waals surface area (Å²) in [5.41, 5.74) is 4.28. The highest BCUT2D eigenvalue weighted by molar-refractivity contribution is 5.86. The molecule has 6 nitrogen and oxygen atoms in total. The largest absolute Gasteiger partial charge is 0.297 e. The molecule has 0 saturated carbocycles. The number of fused-ring (bicyclic) bond motifs is 1. The van der Waals surface area contributed by atoms with E-state index in [4.69, 9.17) is 0 Å². The quantitative estimate of drug-likeness (QED) is 0.576. The van der Waals surface area contributed by atoms with Crippen LogP contribution in [0.5, 0.6) is 0 Å². The molecule has 0 aliphatic carbocycles. The van der Waals surface area contributed by atoms with E-state index >= 15 is 0 Å². The number of nitrogens with zero attached hydrogens (tertiary/aromatic N) is 3. The highest BCUT2D eigenvalue weighted by Crippen LogP contribution is 2.23. The molecular weight excluding hydrogens is 244 g/mol. The highest BCUT2D eigenvalue weighted by atomic mass is 16.6. The second kappa shape index (κ2) is 4.41. The van der Waals surface area contributed by atoms with Gasteiger partial charge in [0, 0.05) is 11.5 Å². The topological polar surface area (TPSA) is 73.0 Å². The third-order valence-corrected chi connectivity index (χ3v) is 2.73. The summed E-state index contributed by atoms with van der Waals surface area (Å²) in [6.07, 6.45) is 1.72. The number of aromatic nitrogens is 2. The molecule has 0 radical (unpaired) electrons. The van der Waals surface area contributed by atoms with E-state index in [0.717, 1.165) is 11.1 Å². The van der Waals surface area contributed by atoms with E-state index in [-0.39, 0.29) is 5.69 Å². The first-order chi connectivity index (χ1) is 9.24. The SMILES string of the molecule is O=[N+]([O-])c1cccc2cn(Nc3ccccc3)nc12. The van der Waals surface area contributed by atoms with E-state index in [0.29, 0.717) is 5.52 Å². The van der Waals surface area contributed by atoms with Gasteiger partial charge in [-0.2, -0.15) is 4.79 Å². The fourth-order valence-corrected chi connectivity index (χ4v) is 1.88. The van der Waals surface area contributed by atoms with Crippen molar-refractivity contribution in [2.24, 2.45) is 0 Å². The first kappa shape index (κ1) is 11.2. The molecule has 0 spiro atoms. The number of para-hydroxylation sites is 1. The Bertz CT molecular complexity index is 737. The first-order valence-electron chi connectivity index (χ1n) is 5.69. The number of anilines is 1. The van der Waals surface area contributed by atoms with E-state index in [9.17, 15) is 10.1 Å².